The smallest absolute Gasteiger partial charge is 0.306 e. The lowest BCUT2D eigenvalue weighted by Gasteiger charge is -2.31. The number of hydrogen-bond donors (Lipinski definition) is 1. The van der Waals surface area contributed by atoms with Crippen LogP contribution in [0.15, 0.2) is 12.4 Å². The average Bonchev–Trinajstić information content (AvgIpc) is 2.95. The fraction of sp³-hybridized carbons (Fsp3) is 0.714. The SMILES string of the molecule is CCC1CCCCC1NC(=O)CCn1cc([N+](=O)[O-])cn1. The summed E-state index contributed by atoms with van der Waals surface area (Å²) in [6.07, 6.45) is 8.61. The lowest BCUT2D eigenvalue weighted by atomic mass is 9.83. The van der Waals surface area contributed by atoms with E-state index in [0.717, 1.165) is 12.8 Å². The van der Waals surface area contributed by atoms with Crippen molar-refractivity contribution in [3.05, 3.63) is 22.5 Å². The van der Waals surface area contributed by atoms with Crippen LogP contribution in [0.1, 0.15) is 45.4 Å². The van der Waals surface area contributed by atoms with Gasteiger partial charge in [0, 0.05) is 19.0 Å². The second-order valence-corrected chi connectivity index (χ2v) is 5.60. The van der Waals surface area contributed by atoms with Crippen molar-refractivity contribution in [2.45, 2.75) is 58.0 Å². The van der Waals surface area contributed by atoms with Crippen molar-refractivity contribution in [2.24, 2.45) is 5.92 Å². The zero-order valence-corrected chi connectivity index (χ0v) is 12.3. The first-order valence-electron chi connectivity index (χ1n) is 7.56. The van der Waals surface area contributed by atoms with Gasteiger partial charge in [0.2, 0.25) is 5.91 Å². The van der Waals surface area contributed by atoms with Crippen LogP contribution >= 0.6 is 0 Å². The summed E-state index contributed by atoms with van der Waals surface area (Å²) in [6, 6.07) is 0.281. The van der Waals surface area contributed by atoms with Gasteiger partial charge in [0.25, 0.3) is 0 Å². The third-order valence-corrected chi connectivity index (χ3v) is 4.18. The molecule has 0 radical (unpaired) electrons. The van der Waals surface area contributed by atoms with Crippen molar-refractivity contribution in [2.75, 3.05) is 0 Å². The van der Waals surface area contributed by atoms with E-state index in [-0.39, 0.29) is 17.6 Å². The van der Waals surface area contributed by atoms with Crippen LogP contribution in [-0.2, 0) is 11.3 Å². The van der Waals surface area contributed by atoms with E-state index >= 15 is 0 Å². The van der Waals surface area contributed by atoms with Gasteiger partial charge < -0.3 is 5.32 Å². The lowest BCUT2D eigenvalue weighted by Crippen LogP contribution is -2.42. The Morgan fingerprint density at radius 3 is 2.95 bits per heavy atom. The molecule has 7 heteroatoms. The minimum absolute atomic E-state index is 0.00139. The summed E-state index contributed by atoms with van der Waals surface area (Å²) in [6.45, 7) is 2.53. The Hall–Kier alpha value is -1.92. The maximum atomic E-state index is 12.0. The van der Waals surface area contributed by atoms with Crippen molar-refractivity contribution >= 4 is 11.6 Å². The number of carbonyl (C=O) groups is 1. The molecule has 2 rings (SSSR count). The first kappa shape index (κ1) is 15.5. The van der Waals surface area contributed by atoms with Gasteiger partial charge in [-0.05, 0) is 18.8 Å². The van der Waals surface area contributed by atoms with Crippen LogP contribution in [0.2, 0.25) is 0 Å². The van der Waals surface area contributed by atoms with Crippen LogP contribution in [0.25, 0.3) is 0 Å². The molecule has 1 saturated carbocycles. The number of amides is 1. The molecule has 2 unspecified atom stereocenters. The van der Waals surface area contributed by atoms with E-state index in [0.29, 0.717) is 18.9 Å². The molecule has 1 amide bonds. The van der Waals surface area contributed by atoms with Gasteiger partial charge in [-0.1, -0.05) is 26.2 Å². The zero-order valence-electron chi connectivity index (χ0n) is 12.3. The van der Waals surface area contributed by atoms with E-state index in [1.54, 1.807) is 0 Å². The molecule has 1 aromatic rings. The number of nitro groups is 1. The molecule has 0 saturated heterocycles. The summed E-state index contributed by atoms with van der Waals surface area (Å²) in [5.74, 6) is 0.576. The number of nitrogens with zero attached hydrogens (tertiary/aromatic N) is 3. The molecule has 0 aliphatic heterocycles. The van der Waals surface area contributed by atoms with Crippen molar-refractivity contribution in [1.29, 1.82) is 0 Å². The summed E-state index contributed by atoms with van der Waals surface area (Å²) in [5.41, 5.74) is -0.0475. The first-order valence-corrected chi connectivity index (χ1v) is 7.56. The highest BCUT2D eigenvalue weighted by Gasteiger charge is 2.24. The Morgan fingerprint density at radius 1 is 1.52 bits per heavy atom. The number of nitrogens with one attached hydrogen (secondary N) is 1. The fourth-order valence-electron chi connectivity index (χ4n) is 2.95. The van der Waals surface area contributed by atoms with E-state index in [2.05, 4.69) is 17.3 Å². The molecule has 1 fully saturated rings. The third kappa shape index (κ3) is 4.27. The maximum absolute atomic E-state index is 12.0. The third-order valence-electron chi connectivity index (χ3n) is 4.18. The largest absolute Gasteiger partial charge is 0.353 e. The average molecular weight is 294 g/mol. The molecule has 116 valence electrons. The van der Waals surface area contributed by atoms with Crippen LogP contribution in [0.4, 0.5) is 5.69 Å². The van der Waals surface area contributed by atoms with Crippen molar-refractivity contribution in [1.82, 2.24) is 15.1 Å². The summed E-state index contributed by atoms with van der Waals surface area (Å²) in [5, 5.41) is 17.5. The molecule has 1 heterocycles. The molecule has 1 aliphatic carbocycles. The highest BCUT2D eigenvalue weighted by molar-refractivity contribution is 5.76. The Balaban J connectivity index is 1.79. The monoisotopic (exact) mass is 294 g/mol. The zero-order chi connectivity index (χ0) is 15.2. The van der Waals surface area contributed by atoms with Gasteiger partial charge in [0.15, 0.2) is 0 Å². The predicted molar refractivity (Wildman–Crippen MR) is 77.7 cm³/mol. The van der Waals surface area contributed by atoms with E-state index in [1.807, 2.05) is 0 Å². The Bertz CT molecular complexity index is 500. The predicted octanol–water partition coefficient (Wildman–Crippen LogP) is 2.27. The van der Waals surface area contributed by atoms with Crippen molar-refractivity contribution in [3.8, 4) is 0 Å². The van der Waals surface area contributed by atoms with E-state index in [1.165, 1.54) is 36.3 Å². The maximum Gasteiger partial charge on any atom is 0.306 e. The van der Waals surface area contributed by atoms with Crippen molar-refractivity contribution in [3.63, 3.8) is 0 Å². The van der Waals surface area contributed by atoms with E-state index < -0.39 is 4.92 Å². The normalized spacial score (nSPS) is 22.0. The number of hydrogen-bond acceptors (Lipinski definition) is 4. The molecule has 1 aromatic heterocycles. The molecule has 0 spiro atoms. The van der Waals surface area contributed by atoms with E-state index in [9.17, 15) is 14.9 Å². The Kier molecular flexibility index (Phi) is 5.30. The summed E-state index contributed by atoms with van der Waals surface area (Å²) >= 11 is 0. The van der Waals surface area contributed by atoms with Gasteiger partial charge in [-0.15, -0.1) is 0 Å². The second-order valence-electron chi connectivity index (χ2n) is 5.60. The fourth-order valence-corrected chi connectivity index (χ4v) is 2.95. The standard InChI is InChI=1S/C14H22N4O3/c1-2-11-5-3-4-6-13(11)16-14(19)7-8-17-10-12(9-15-17)18(20)21/h9-11,13H,2-8H2,1H3,(H,16,19). The Labute approximate surface area is 123 Å². The van der Waals surface area contributed by atoms with Crippen molar-refractivity contribution < 1.29 is 9.72 Å². The molecule has 0 bridgehead atoms. The van der Waals surface area contributed by atoms with Crippen LogP contribution in [-0.4, -0.2) is 26.7 Å². The molecule has 0 aromatic carbocycles. The summed E-state index contributed by atoms with van der Waals surface area (Å²) in [4.78, 5) is 22.1. The van der Waals surface area contributed by atoms with E-state index in [4.69, 9.17) is 0 Å². The number of aromatic nitrogens is 2. The highest BCUT2D eigenvalue weighted by Crippen LogP contribution is 2.26. The minimum atomic E-state index is -0.489. The van der Waals surface area contributed by atoms with Crippen LogP contribution in [0, 0.1) is 16.0 Å². The van der Waals surface area contributed by atoms with Gasteiger partial charge in [-0.25, -0.2) is 0 Å². The Morgan fingerprint density at radius 2 is 2.29 bits per heavy atom. The summed E-state index contributed by atoms with van der Waals surface area (Å²) < 4.78 is 1.44. The van der Waals surface area contributed by atoms with Crippen LogP contribution < -0.4 is 5.32 Å². The molecule has 1 aliphatic rings. The molecule has 1 N–H and O–H groups in total. The van der Waals surface area contributed by atoms with Gasteiger partial charge in [-0.2, -0.15) is 5.10 Å². The van der Waals surface area contributed by atoms with Crippen LogP contribution in [0.3, 0.4) is 0 Å². The van der Waals surface area contributed by atoms with Gasteiger partial charge >= 0.3 is 5.69 Å². The first-order chi connectivity index (χ1) is 10.1. The second kappa shape index (κ2) is 7.19. The quantitative estimate of drug-likeness (QED) is 0.643. The number of rotatable bonds is 6. The highest BCUT2D eigenvalue weighted by atomic mass is 16.6. The topological polar surface area (TPSA) is 90.1 Å². The van der Waals surface area contributed by atoms with Gasteiger partial charge in [0.05, 0.1) is 4.92 Å². The number of carbonyl (C=O) groups excluding carboxylic acids is 1. The molecule has 7 nitrogen and oxygen atoms in total. The number of aryl methyl sites for hydroxylation is 1. The molecule has 21 heavy (non-hydrogen) atoms. The lowest BCUT2D eigenvalue weighted by molar-refractivity contribution is -0.385. The minimum Gasteiger partial charge on any atom is -0.353 e. The summed E-state index contributed by atoms with van der Waals surface area (Å²) in [7, 11) is 0. The molecular weight excluding hydrogens is 272 g/mol. The molecular formula is C14H22N4O3. The molecule has 2 atom stereocenters. The van der Waals surface area contributed by atoms with Crippen LogP contribution in [0.5, 0.6) is 0 Å². The van der Waals surface area contributed by atoms with Gasteiger partial charge in [-0.3, -0.25) is 19.6 Å². The van der Waals surface area contributed by atoms with Gasteiger partial charge in [0.1, 0.15) is 12.4 Å².